The molecule has 0 saturated heterocycles. The molecule has 1 aliphatic carbocycles. The third kappa shape index (κ3) is 4.99. The molecule has 0 bridgehead atoms. The molecule has 0 spiro atoms. The maximum absolute atomic E-state index is 13.6. The minimum absolute atomic E-state index is 0.100. The van der Waals surface area contributed by atoms with Gasteiger partial charge in [-0.15, -0.1) is 0 Å². The molecule has 0 unspecified atom stereocenters. The summed E-state index contributed by atoms with van der Waals surface area (Å²) in [6, 6.07) is 4.75. The Bertz CT molecular complexity index is 487. The molecule has 1 aliphatic rings. The first-order valence-corrected chi connectivity index (χ1v) is 8.25. The fourth-order valence-corrected chi connectivity index (χ4v) is 3.05. The van der Waals surface area contributed by atoms with Crippen LogP contribution in [0.2, 0.25) is 0 Å². The van der Waals surface area contributed by atoms with Crippen molar-refractivity contribution in [1.29, 1.82) is 0 Å². The van der Waals surface area contributed by atoms with Gasteiger partial charge >= 0.3 is 0 Å². The fourth-order valence-electron chi connectivity index (χ4n) is 2.72. The van der Waals surface area contributed by atoms with Crippen LogP contribution in [-0.2, 0) is 4.79 Å². The van der Waals surface area contributed by atoms with E-state index in [9.17, 15) is 9.18 Å². The Morgan fingerprint density at radius 2 is 2.10 bits per heavy atom. The second-order valence-electron chi connectivity index (χ2n) is 5.56. The smallest absolute Gasteiger partial charge is 0.258 e. The van der Waals surface area contributed by atoms with Crippen molar-refractivity contribution < 1.29 is 13.9 Å². The van der Waals surface area contributed by atoms with Gasteiger partial charge in [0.1, 0.15) is 0 Å². The van der Waals surface area contributed by atoms with E-state index in [4.69, 9.17) is 4.74 Å². The minimum Gasteiger partial charge on any atom is -0.481 e. The van der Waals surface area contributed by atoms with Crippen LogP contribution in [0.25, 0.3) is 0 Å². The van der Waals surface area contributed by atoms with Gasteiger partial charge in [0.25, 0.3) is 5.91 Å². The predicted octanol–water partition coefficient (Wildman–Crippen LogP) is 4.05. The third-order valence-electron chi connectivity index (χ3n) is 4.04. The number of carbonyl (C=O) groups excluding carboxylic acids is 1. The van der Waals surface area contributed by atoms with E-state index < -0.39 is 5.82 Å². The molecule has 0 atom stereocenters. The number of carbonyl (C=O) groups is 1. The summed E-state index contributed by atoms with van der Waals surface area (Å²) in [5, 5.41) is 2.97. The number of ether oxygens (including phenoxy) is 1. The van der Waals surface area contributed by atoms with Gasteiger partial charge in [-0.1, -0.05) is 29.3 Å². The molecule has 1 aromatic carbocycles. The number of rotatable bonds is 5. The van der Waals surface area contributed by atoms with Crippen molar-refractivity contribution >= 4 is 21.8 Å². The zero-order valence-electron chi connectivity index (χ0n) is 12.2. The van der Waals surface area contributed by atoms with E-state index in [1.54, 1.807) is 6.07 Å². The second kappa shape index (κ2) is 7.78. The van der Waals surface area contributed by atoms with Crippen molar-refractivity contribution in [1.82, 2.24) is 5.32 Å². The molecule has 0 radical (unpaired) electrons. The monoisotopic (exact) mass is 357 g/mol. The molecule has 1 amide bonds. The van der Waals surface area contributed by atoms with Gasteiger partial charge in [0.15, 0.2) is 18.2 Å². The van der Waals surface area contributed by atoms with Gasteiger partial charge in [-0.05, 0) is 49.8 Å². The maximum atomic E-state index is 13.6. The van der Waals surface area contributed by atoms with Gasteiger partial charge in [-0.3, -0.25) is 4.79 Å². The Morgan fingerprint density at radius 3 is 2.71 bits per heavy atom. The van der Waals surface area contributed by atoms with Crippen molar-refractivity contribution in [3.63, 3.8) is 0 Å². The van der Waals surface area contributed by atoms with Gasteiger partial charge in [0, 0.05) is 10.5 Å². The summed E-state index contributed by atoms with van der Waals surface area (Å²) in [6.07, 6.45) is 5.60. The Hall–Kier alpha value is -1.10. The average Bonchev–Trinajstić information content (AvgIpc) is 2.47. The largest absolute Gasteiger partial charge is 0.481 e. The number of hydrogen-bond acceptors (Lipinski definition) is 2. The highest BCUT2D eigenvalue weighted by molar-refractivity contribution is 9.10. The molecule has 3 nitrogen and oxygen atoms in total. The first-order valence-electron chi connectivity index (χ1n) is 7.45. The van der Waals surface area contributed by atoms with Crippen LogP contribution in [0.3, 0.4) is 0 Å². The molecular formula is C16H21BrFNO2. The number of hydrogen-bond donors (Lipinski definition) is 1. The molecule has 1 aromatic rings. The van der Waals surface area contributed by atoms with Gasteiger partial charge < -0.3 is 10.1 Å². The lowest BCUT2D eigenvalue weighted by Crippen LogP contribution is -2.40. The topological polar surface area (TPSA) is 38.3 Å². The standard InChI is InChI=1S/C16H21BrFNO2/c1-2-11-3-6-13(7-4-11)19-16(20)10-21-15-8-5-12(17)9-14(15)18/h5,8-9,11,13H,2-4,6-7,10H2,1H3,(H,19,20). The first-order chi connectivity index (χ1) is 10.1. The van der Waals surface area contributed by atoms with Crippen LogP contribution in [0.15, 0.2) is 22.7 Å². The van der Waals surface area contributed by atoms with Crippen LogP contribution in [0.4, 0.5) is 4.39 Å². The summed E-state index contributed by atoms with van der Waals surface area (Å²) in [5.41, 5.74) is 0. The van der Waals surface area contributed by atoms with E-state index in [1.807, 2.05) is 0 Å². The normalized spacial score (nSPS) is 21.9. The van der Waals surface area contributed by atoms with Crippen molar-refractivity contribution in [2.24, 2.45) is 5.92 Å². The zero-order valence-corrected chi connectivity index (χ0v) is 13.8. The van der Waals surface area contributed by atoms with E-state index >= 15 is 0 Å². The van der Waals surface area contributed by atoms with Crippen molar-refractivity contribution in [3.8, 4) is 5.75 Å². The highest BCUT2D eigenvalue weighted by atomic mass is 79.9. The van der Waals surface area contributed by atoms with Gasteiger partial charge in [0.2, 0.25) is 0 Å². The van der Waals surface area contributed by atoms with Crippen molar-refractivity contribution in [3.05, 3.63) is 28.5 Å². The number of halogens is 2. The Balaban J connectivity index is 1.75. The third-order valence-corrected chi connectivity index (χ3v) is 4.54. The van der Waals surface area contributed by atoms with Gasteiger partial charge in [0.05, 0.1) is 0 Å². The minimum atomic E-state index is -0.472. The summed E-state index contributed by atoms with van der Waals surface area (Å²) >= 11 is 3.18. The molecular weight excluding hydrogens is 337 g/mol. The average molecular weight is 358 g/mol. The summed E-state index contributed by atoms with van der Waals surface area (Å²) in [4.78, 5) is 11.8. The predicted molar refractivity (Wildman–Crippen MR) is 83.8 cm³/mol. The molecule has 5 heteroatoms. The fraction of sp³-hybridized carbons (Fsp3) is 0.562. The molecule has 21 heavy (non-hydrogen) atoms. The molecule has 0 aromatic heterocycles. The maximum Gasteiger partial charge on any atom is 0.258 e. The molecule has 1 saturated carbocycles. The second-order valence-corrected chi connectivity index (χ2v) is 6.47. The molecule has 0 heterocycles. The molecule has 116 valence electrons. The van der Waals surface area contributed by atoms with Crippen molar-refractivity contribution in [2.75, 3.05) is 6.61 Å². The number of nitrogens with one attached hydrogen (secondary N) is 1. The van der Waals surface area contributed by atoms with Crippen LogP contribution in [0.1, 0.15) is 39.0 Å². The number of amides is 1. The van der Waals surface area contributed by atoms with Gasteiger partial charge in [-0.2, -0.15) is 0 Å². The van der Waals surface area contributed by atoms with E-state index in [1.165, 1.54) is 31.4 Å². The lowest BCUT2D eigenvalue weighted by molar-refractivity contribution is -0.124. The molecule has 1 N–H and O–H groups in total. The van der Waals surface area contributed by atoms with Crippen LogP contribution in [0.5, 0.6) is 5.75 Å². The Morgan fingerprint density at radius 1 is 1.38 bits per heavy atom. The molecule has 2 rings (SSSR count). The van der Waals surface area contributed by atoms with Crippen LogP contribution in [0, 0.1) is 11.7 Å². The van der Waals surface area contributed by atoms with Gasteiger partial charge in [-0.25, -0.2) is 4.39 Å². The zero-order chi connectivity index (χ0) is 15.2. The van der Waals surface area contributed by atoms with Crippen LogP contribution in [-0.4, -0.2) is 18.6 Å². The molecule has 1 fully saturated rings. The highest BCUT2D eigenvalue weighted by Crippen LogP contribution is 2.26. The van der Waals surface area contributed by atoms with Crippen LogP contribution < -0.4 is 10.1 Å². The Kier molecular flexibility index (Phi) is 6.03. The van der Waals surface area contributed by atoms with Crippen molar-refractivity contribution in [2.45, 2.75) is 45.1 Å². The Labute approximate surface area is 133 Å². The lowest BCUT2D eigenvalue weighted by atomic mass is 9.84. The van der Waals surface area contributed by atoms with E-state index in [-0.39, 0.29) is 24.3 Å². The first kappa shape index (κ1) is 16.3. The summed E-state index contributed by atoms with van der Waals surface area (Å²) in [7, 11) is 0. The number of benzene rings is 1. The van der Waals surface area contributed by atoms with E-state index in [0.29, 0.717) is 4.47 Å². The van der Waals surface area contributed by atoms with E-state index in [2.05, 4.69) is 28.2 Å². The summed E-state index contributed by atoms with van der Waals surface area (Å²) in [5.74, 6) is 0.243. The summed E-state index contributed by atoms with van der Waals surface area (Å²) in [6.45, 7) is 2.07. The van der Waals surface area contributed by atoms with Crippen LogP contribution >= 0.6 is 15.9 Å². The SMILES string of the molecule is CCC1CCC(NC(=O)COc2ccc(Br)cc2F)CC1. The summed E-state index contributed by atoms with van der Waals surface area (Å²) < 4.78 is 19.4. The highest BCUT2D eigenvalue weighted by Gasteiger charge is 2.21. The molecule has 0 aliphatic heterocycles. The quantitative estimate of drug-likeness (QED) is 0.862. The van der Waals surface area contributed by atoms with E-state index in [0.717, 1.165) is 18.8 Å². The lowest BCUT2D eigenvalue weighted by Gasteiger charge is -2.28.